The van der Waals surface area contributed by atoms with Crippen LogP contribution in [0.25, 0.3) is 0 Å². The molecule has 18 unspecified atom stereocenters. The first-order valence-electron chi connectivity index (χ1n) is 36.3. The first-order valence-corrected chi connectivity index (χ1v) is 41.0. The second kappa shape index (κ2) is 46.1. The van der Waals surface area contributed by atoms with Gasteiger partial charge in [-0.15, -0.1) is 35.3 Å². The number of aliphatic hydroxyl groups excluding tert-OH is 23. The predicted molar refractivity (Wildman–Crippen MR) is 380 cm³/mol. The van der Waals surface area contributed by atoms with Crippen molar-refractivity contribution in [3.8, 4) is 0 Å². The molecule has 0 aromatic rings. The van der Waals surface area contributed by atoms with Crippen LogP contribution in [0, 0.1) is 11.3 Å². The van der Waals surface area contributed by atoms with E-state index in [-0.39, 0.29) is 69.4 Å². The van der Waals surface area contributed by atoms with E-state index in [4.69, 9.17) is 78.5 Å². The number of nitrogens with one attached hydrogen (secondary N) is 2. The molecule has 11 aliphatic heterocycles. The molecule has 35 atom stereocenters. The van der Waals surface area contributed by atoms with E-state index in [9.17, 15) is 117 Å². The third-order valence-corrected chi connectivity index (χ3v) is 25.1. The van der Waals surface area contributed by atoms with E-state index >= 15 is 0 Å². The van der Waals surface area contributed by atoms with Gasteiger partial charge in [0.05, 0.1) is 77.1 Å². The number of thioether (sulfide) groups is 4. The Morgan fingerprint density at radius 1 is 0.389 bits per heavy atom. The van der Waals surface area contributed by atoms with Crippen LogP contribution in [0.4, 0.5) is 0 Å². The van der Waals surface area contributed by atoms with Gasteiger partial charge >= 0.3 is 0 Å². The highest BCUT2D eigenvalue weighted by molar-refractivity contribution is 8.00. The number of hydrogen-bond acceptors (Lipinski definition) is 42. The summed E-state index contributed by atoms with van der Waals surface area (Å²) in [6.07, 6.45) is -43.7. The summed E-state index contributed by atoms with van der Waals surface area (Å²) < 4.78 is 82.8. The van der Waals surface area contributed by atoms with Crippen LogP contribution in [0.2, 0.25) is 0 Å². The van der Waals surface area contributed by atoms with Crippen molar-refractivity contribution < 1.29 is 184 Å². The Bertz CT molecular complexity index is 2450. The van der Waals surface area contributed by atoms with Gasteiger partial charge in [0.25, 0.3) is 0 Å². The van der Waals surface area contributed by atoms with Crippen LogP contribution in [0.1, 0.15) is 44.9 Å². The van der Waals surface area contributed by atoms with Gasteiger partial charge in [-0.3, -0.25) is 0 Å². The average molecular weight is 1660 g/mol. The molecule has 0 aromatic carbocycles. The lowest BCUT2D eigenvalue weighted by Gasteiger charge is -2.47. The average Bonchev–Trinajstić information content (AvgIpc) is 1.21. The highest BCUT2D eigenvalue weighted by Gasteiger charge is 2.55. The van der Waals surface area contributed by atoms with Gasteiger partial charge < -0.3 is 194 Å². The number of ether oxygens (including phenoxy) is 14. The lowest BCUT2D eigenvalue weighted by molar-refractivity contribution is -0.353. The van der Waals surface area contributed by atoms with Crippen LogP contribution in [0.5, 0.6) is 0 Å². The topological polar surface area (TPSA) is 619 Å². The molecule has 0 radical (unpaired) electrons. The van der Waals surface area contributed by atoms with E-state index in [1.165, 1.54) is 11.8 Å². The SMILES string of the molecule is OCC1O[C@H]2OCCCCCC3C(CSCCNC(=S)NCC(COCCCS[C@@H]4OC(CO)[C@H](O)[C@H](O)C4O)(COCCCS[C@@H]4OC(CO)[C@H](O[C@@H]5OC(CO)[C@H](O)[C@H](O)C5O)[C@H](O)C4O)COCCCS[C@@H]4OC(CO)[C@H](O[C@@H]5OC(CO)[C@H](O)[C@H](O)C5O)[C@H](O)C4O)O[C@@H](OC1C(O)C2O)C(O)C3O. The molecule has 0 aromatic heterocycles. The summed E-state index contributed by atoms with van der Waals surface area (Å²) >= 11 is 10.6. The zero-order valence-electron chi connectivity index (χ0n) is 59.3. The molecule has 11 fully saturated rings. The predicted octanol–water partition coefficient (Wildman–Crippen LogP) is -10.9. The summed E-state index contributed by atoms with van der Waals surface area (Å²) in [6.45, 7) is -3.64. The monoisotopic (exact) mass is 1660 g/mol. The van der Waals surface area contributed by atoms with Gasteiger partial charge in [-0.05, 0) is 61.6 Å². The van der Waals surface area contributed by atoms with Crippen molar-refractivity contribution in [3.05, 3.63) is 0 Å². The Hall–Kier alpha value is -0.390. The molecule has 44 heteroatoms. The normalized spacial score (nSPS) is 43.4. The molecule has 0 spiro atoms. The fourth-order valence-corrected chi connectivity index (χ4v) is 18.0. The van der Waals surface area contributed by atoms with Crippen LogP contribution in [-0.4, -0.2) is 457 Å². The Balaban J connectivity index is 0.910. The highest BCUT2D eigenvalue weighted by Crippen LogP contribution is 2.39. The second-order valence-electron chi connectivity index (χ2n) is 27.9. The van der Waals surface area contributed by atoms with Crippen LogP contribution in [0.15, 0.2) is 0 Å². The minimum atomic E-state index is -1.86. The van der Waals surface area contributed by atoms with E-state index in [0.717, 1.165) is 35.3 Å². The van der Waals surface area contributed by atoms with Crippen molar-refractivity contribution in [3.63, 3.8) is 0 Å². The maximum atomic E-state index is 11.5. The molecule has 11 heterocycles. The van der Waals surface area contributed by atoms with E-state index in [0.29, 0.717) is 68.7 Å². The number of rotatable bonds is 38. The van der Waals surface area contributed by atoms with Crippen LogP contribution in [0.3, 0.4) is 0 Å². The van der Waals surface area contributed by atoms with Crippen molar-refractivity contribution in [2.45, 2.75) is 251 Å². The van der Waals surface area contributed by atoms with Crippen LogP contribution in [-0.2, 0) is 66.3 Å². The minimum Gasteiger partial charge on any atom is -0.394 e. The van der Waals surface area contributed by atoms with Crippen molar-refractivity contribution in [2.75, 3.05) is 128 Å². The lowest BCUT2D eigenvalue weighted by atomic mass is 9.85. The number of aliphatic hydroxyl groups is 23. The van der Waals surface area contributed by atoms with E-state index in [1.54, 1.807) is 0 Å². The molecule has 4 bridgehead atoms. The molecule has 108 heavy (non-hydrogen) atoms. The Morgan fingerprint density at radius 3 is 1.29 bits per heavy atom. The maximum absolute atomic E-state index is 11.5. The van der Waals surface area contributed by atoms with Gasteiger partial charge in [0, 0.05) is 56.9 Å². The first-order chi connectivity index (χ1) is 51.8. The number of hydrogen-bond donors (Lipinski definition) is 25. The molecule has 11 saturated heterocycles. The summed E-state index contributed by atoms with van der Waals surface area (Å²) in [7, 11) is 0. The molecule has 632 valence electrons. The summed E-state index contributed by atoms with van der Waals surface area (Å²) in [5, 5.41) is 250. The van der Waals surface area contributed by atoms with Crippen molar-refractivity contribution in [1.82, 2.24) is 10.6 Å². The Morgan fingerprint density at radius 2 is 0.815 bits per heavy atom. The summed E-state index contributed by atoms with van der Waals surface area (Å²) in [5.74, 6) is 1.01. The molecule has 25 N–H and O–H groups in total. The van der Waals surface area contributed by atoms with Gasteiger partial charge in [-0.2, -0.15) is 11.8 Å². The Kier molecular flexibility index (Phi) is 39.7. The zero-order chi connectivity index (χ0) is 78.5. The van der Waals surface area contributed by atoms with Gasteiger partial charge in [-0.25, -0.2) is 0 Å². The molecule has 0 aliphatic carbocycles. The van der Waals surface area contributed by atoms with Gasteiger partial charge in [0.1, 0.15) is 169 Å². The van der Waals surface area contributed by atoms with Gasteiger partial charge in [-0.1, -0.05) is 12.8 Å². The summed E-state index contributed by atoms with van der Waals surface area (Å²) in [6, 6.07) is 0. The van der Waals surface area contributed by atoms with Crippen LogP contribution < -0.4 is 10.6 Å². The van der Waals surface area contributed by atoms with Gasteiger partial charge in [0.15, 0.2) is 30.3 Å². The standard InChI is InChI=1S/C64H114N2O37S5/c67-17-29-37(74)40(77)47(84)58(94-29)102-54-33(21-71)99-61(51(88)44(54)81)107-14-5-10-91-26-64(25-90-9-4-13-106-60-50(87)42(79)39(76)31(19-69)98-60,27-92-11-6-15-108-62-52(89)45(82)55(34(22-72)100-62)103-59-48(85)41(78)38(75)30(18-68)95-59)24-66-63(104)65-8-16-105-23-35-28-7-2-1-3-12-93-56-49(86)43(80)53(32(20-70)96-56)101-57(97-35)46(83)36(28)73/h28-62,67-89H,1-27H2,(H2,65,66,104)/t28?,29?,30?,31?,32?,33?,34?,35?,36?,37-,38-,39-,40-,41-,42-,43?,44+,45+,46?,47?,48?,49?,50?,51?,52?,53?,54-,55-,56+,57-,58-,59-,60-,61-,62-,64?/m0/s1. The summed E-state index contributed by atoms with van der Waals surface area (Å²) in [5.41, 5.74) is -4.35. The van der Waals surface area contributed by atoms with E-state index in [2.05, 4.69) is 10.6 Å². The quantitative estimate of drug-likeness (QED) is 0.0202. The molecular weight excluding hydrogens is 1550 g/mol. The largest absolute Gasteiger partial charge is 0.394 e. The third-order valence-electron chi connectivity index (χ3n) is 20.0. The third kappa shape index (κ3) is 24.6. The molecule has 39 nitrogen and oxygen atoms in total. The second-order valence-corrected chi connectivity index (χ2v) is 33.1. The fourth-order valence-electron chi connectivity index (χ4n) is 13.6. The lowest BCUT2D eigenvalue weighted by Crippen LogP contribution is -2.64. The van der Waals surface area contributed by atoms with Crippen LogP contribution >= 0.6 is 59.3 Å². The van der Waals surface area contributed by atoms with Gasteiger partial charge in [0.2, 0.25) is 0 Å². The first kappa shape index (κ1) is 93.1. The highest BCUT2D eigenvalue weighted by atomic mass is 32.2. The maximum Gasteiger partial charge on any atom is 0.187 e. The Labute approximate surface area is 645 Å². The fraction of sp³-hybridized carbons (Fsp3) is 0.984. The zero-order valence-corrected chi connectivity index (χ0v) is 63.4. The smallest absolute Gasteiger partial charge is 0.187 e. The van der Waals surface area contributed by atoms with E-state index in [1.807, 2.05) is 0 Å². The molecule has 0 saturated carbocycles. The molecule has 11 rings (SSSR count). The van der Waals surface area contributed by atoms with Crippen molar-refractivity contribution >= 4 is 64.4 Å². The molecular formula is C64H114N2O37S5. The van der Waals surface area contributed by atoms with Crippen molar-refractivity contribution in [1.29, 1.82) is 0 Å². The molecule has 0 amide bonds. The number of thiocarbonyl (C=S) groups is 1. The minimum absolute atomic E-state index is 0.0414. The van der Waals surface area contributed by atoms with E-state index < -0.39 is 257 Å². The van der Waals surface area contributed by atoms with Crippen molar-refractivity contribution in [2.24, 2.45) is 11.3 Å². The molecule has 11 aliphatic rings. The summed E-state index contributed by atoms with van der Waals surface area (Å²) in [4.78, 5) is 0.